The number of carbonyl (C=O) groups excluding carboxylic acids is 2. The number of likely N-dealkylation sites (tertiary alicyclic amines) is 1. The van der Waals surface area contributed by atoms with Crippen LogP contribution in [0.15, 0.2) is 47.4 Å². The third-order valence-corrected chi connectivity index (χ3v) is 6.85. The Morgan fingerprint density at radius 3 is 2.23 bits per heavy atom. The quantitative estimate of drug-likeness (QED) is 0.764. The minimum absolute atomic E-state index is 0.112. The van der Waals surface area contributed by atoms with Crippen LogP contribution in [0.4, 0.5) is 5.69 Å². The fraction of sp³-hybridized carbons (Fsp3) is 0.364. The van der Waals surface area contributed by atoms with Gasteiger partial charge in [-0.15, -0.1) is 0 Å². The van der Waals surface area contributed by atoms with Crippen LogP contribution in [0.25, 0.3) is 0 Å². The van der Waals surface area contributed by atoms with Gasteiger partial charge in [-0.2, -0.15) is 0 Å². The summed E-state index contributed by atoms with van der Waals surface area (Å²) in [6.07, 6.45) is 1.09. The maximum Gasteiger partial charge on any atom is 0.254 e. The van der Waals surface area contributed by atoms with E-state index in [1.807, 2.05) is 6.92 Å². The van der Waals surface area contributed by atoms with E-state index in [9.17, 15) is 18.0 Å². The van der Waals surface area contributed by atoms with E-state index in [1.165, 1.54) is 6.92 Å². The largest absolute Gasteiger partial charge is 0.339 e. The smallest absolute Gasteiger partial charge is 0.254 e. The Morgan fingerprint density at radius 1 is 1.00 bits per heavy atom. The van der Waals surface area contributed by atoms with Crippen LogP contribution in [0.3, 0.4) is 0 Å². The number of hydrogen-bond acceptors (Lipinski definition) is 4. The summed E-state index contributed by atoms with van der Waals surface area (Å²) in [7, 11) is -3.58. The second-order valence-electron chi connectivity index (χ2n) is 7.66. The van der Waals surface area contributed by atoms with E-state index in [1.54, 1.807) is 54.3 Å². The zero-order chi connectivity index (χ0) is 21.9. The van der Waals surface area contributed by atoms with Crippen molar-refractivity contribution in [3.05, 3.63) is 59.2 Å². The molecule has 7 nitrogen and oxygen atoms in total. The number of benzene rings is 2. The number of carbonyl (C=O) groups is 2. The van der Waals surface area contributed by atoms with E-state index in [-0.39, 0.29) is 22.8 Å². The molecule has 0 bridgehead atoms. The molecule has 1 fully saturated rings. The highest BCUT2D eigenvalue weighted by atomic mass is 32.2. The number of nitrogens with zero attached hydrogens (tertiary/aromatic N) is 1. The van der Waals surface area contributed by atoms with Crippen molar-refractivity contribution in [2.75, 3.05) is 18.4 Å². The van der Waals surface area contributed by atoms with E-state index in [0.717, 1.165) is 11.1 Å². The number of nitrogens with one attached hydrogen (secondary N) is 2. The lowest BCUT2D eigenvalue weighted by Gasteiger charge is -2.32. The highest BCUT2D eigenvalue weighted by Crippen LogP contribution is 2.23. The lowest BCUT2D eigenvalue weighted by atomic mass is 10.0. The Bertz CT molecular complexity index is 1040. The number of piperidine rings is 1. The van der Waals surface area contributed by atoms with Gasteiger partial charge in [0.25, 0.3) is 5.91 Å². The van der Waals surface area contributed by atoms with E-state index in [4.69, 9.17) is 0 Å². The van der Waals surface area contributed by atoms with Crippen molar-refractivity contribution in [1.82, 2.24) is 9.62 Å². The highest BCUT2D eigenvalue weighted by molar-refractivity contribution is 7.89. The molecule has 160 valence electrons. The molecule has 0 radical (unpaired) electrons. The molecule has 2 aromatic rings. The van der Waals surface area contributed by atoms with Crippen LogP contribution in [0, 0.1) is 13.8 Å². The Balaban J connectivity index is 1.63. The molecule has 0 aliphatic carbocycles. The summed E-state index contributed by atoms with van der Waals surface area (Å²) in [6, 6.07) is 11.8. The molecule has 0 saturated carbocycles. The van der Waals surface area contributed by atoms with Crippen molar-refractivity contribution < 1.29 is 18.0 Å². The molecule has 30 heavy (non-hydrogen) atoms. The molecule has 0 unspecified atom stereocenters. The first-order valence-electron chi connectivity index (χ1n) is 9.93. The molecular weight excluding hydrogens is 402 g/mol. The summed E-state index contributed by atoms with van der Waals surface area (Å²) in [6.45, 7) is 6.06. The average Bonchev–Trinajstić information content (AvgIpc) is 2.69. The minimum atomic E-state index is -3.58. The first kappa shape index (κ1) is 22.0. The van der Waals surface area contributed by atoms with Crippen molar-refractivity contribution in [3.63, 3.8) is 0 Å². The molecule has 2 aromatic carbocycles. The Morgan fingerprint density at radius 2 is 1.63 bits per heavy atom. The number of rotatable bonds is 5. The predicted octanol–water partition coefficient (Wildman–Crippen LogP) is 2.84. The van der Waals surface area contributed by atoms with Crippen LogP contribution in [0.2, 0.25) is 0 Å². The van der Waals surface area contributed by atoms with Crippen LogP contribution < -0.4 is 10.0 Å². The van der Waals surface area contributed by atoms with Gasteiger partial charge in [0.05, 0.1) is 4.90 Å². The Labute approximate surface area is 177 Å². The zero-order valence-electron chi connectivity index (χ0n) is 17.4. The van der Waals surface area contributed by atoms with Crippen LogP contribution in [0.5, 0.6) is 0 Å². The molecule has 0 atom stereocenters. The summed E-state index contributed by atoms with van der Waals surface area (Å²) in [4.78, 5) is 26.3. The van der Waals surface area contributed by atoms with E-state index >= 15 is 0 Å². The van der Waals surface area contributed by atoms with Crippen molar-refractivity contribution in [2.45, 2.75) is 44.6 Å². The third-order valence-electron chi connectivity index (χ3n) is 5.31. The monoisotopic (exact) mass is 429 g/mol. The molecule has 3 rings (SSSR count). The molecule has 1 aliphatic rings. The fourth-order valence-electron chi connectivity index (χ4n) is 3.57. The fourth-order valence-corrected chi connectivity index (χ4v) is 4.87. The van der Waals surface area contributed by atoms with Gasteiger partial charge in [-0.25, -0.2) is 13.1 Å². The van der Waals surface area contributed by atoms with Crippen molar-refractivity contribution >= 4 is 27.5 Å². The zero-order valence-corrected chi connectivity index (χ0v) is 18.3. The van der Waals surface area contributed by atoms with Gasteiger partial charge in [0.15, 0.2) is 0 Å². The molecule has 0 aromatic heterocycles. The molecule has 2 N–H and O–H groups in total. The molecular formula is C22H27N3O4S. The normalized spacial score (nSPS) is 15.1. The SMILES string of the molecule is CC(=O)Nc1cccc(C(=O)N2CCC(NS(=O)(=O)c3ccc(C)cc3)CC2)c1C. The number of aryl methyl sites for hydroxylation is 1. The first-order valence-corrected chi connectivity index (χ1v) is 11.4. The Hall–Kier alpha value is -2.71. The van der Waals surface area contributed by atoms with E-state index in [2.05, 4.69) is 10.0 Å². The van der Waals surface area contributed by atoms with E-state index in [0.29, 0.717) is 37.2 Å². The highest BCUT2D eigenvalue weighted by Gasteiger charge is 2.28. The number of sulfonamides is 1. The van der Waals surface area contributed by atoms with E-state index < -0.39 is 10.0 Å². The molecule has 1 saturated heterocycles. The lowest BCUT2D eigenvalue weighted by Crippen LogP contribution is -2.46. The Kier molecular flexibility index (Phi) is 6.58. The lowest BCUT2D eigenvalue weighted by molar-refractivity contribution is -0.114. The second kappa shape index (κ2) is 8.97. The second-order valence-corrected chi connectivity index (χ2v) is 9.37. The molecule has 1 aliphatic heterocycles. The topological polar surface area (TPSA) is 95.6 Å². The minimum Gasteiger partial charge on any atom is -0.339 e. The number of amides is 2. The van der Waals surface area contributed by atoms with Gasteiger partial charge in [0.2, 0.25) is 15.9 Å². The standard InChI is InChI=1S/C22H27N3O4S/c1-15-7-9-19(10-8-15)30(28,29)24-18-11-13-25(14-12-18)22(27)20-5-4-6-21(16(20)2)23-17(3)26/h4-10,18,24H,11-14H2,1-3H3,(H,23,26). The van der Waals surface area contributed by atoms with Gasteiger partial charge >= 0.3 is 0 Å². The molecule has 8 heteroatoms. The molecule has 2 amide bonds. The van der Waals surface area contributed by atoms with Gasteiger partial charge in [-0.05, 0) is 56.5 Å². The summed E-state index contributed by atoms with van der Waals surface area (Å²) in [5.41, 5.74) is 2.88. The van der Waals surface area contributed by atoms with Crippen molar-refractivity contribution in [3.8, 4) is 0 Å². The van der Waals surface area contributed by atoms with Gasteiger partial charge in [0.1, 0.15) is 0 Å². The number of anilines is 1. The van der Waals surface area contributed by atoms with Crippen molar-refractivity contribution in [1.29, 1.82) is 0 Å². The maximum absolute atomic E-state index is 13.0. The summed E-state index contributed by atoms with van der Waals surface area (Å²) >= 11 is 0. The molecule has 0 spiro atoms. The van der Waals surface area contributed by atoms with Crippen molar-refractivity contribution in [2.24, 2.45) is 0 Å². The summed E-state index contributed by atoms with van der Waals surface area (Å²) in [5.74, 6) is -0.302. The summed E-state index contributed by atoms with van der Waals surface area (Å²) < 4.78 is 27.9. The molecule has 1 heterocycles. The summed E-state index contributed by atoms with van der Waals surface area (Å²) in [5, 5.41) is 2.74. The first-order chi connectivity index (χ1) is 14.2. The van der Waals surface area contributed by atoms with Crippen LogP contribution in [-0.2, 0) is 14.8 Å². The van der Waals surface area contributed by atoms with Gasteiger partial charge in [0, 0.05) is 37.3 Å². The third kappa shape index (κ3) is 5.06. The average molecular weight is 430 g/mol. The van der Waals surface area contributed by atoms with Gasteiger partial charge < -0.3 is 10.2 Å². The predicted molar refractivity (Wildman–Crippen MR) is 116 cm³/mol. The van der Waals surface area contributed by atoms with Gasteiger partial charge in [-0.3, -0.25) is 9.59 Å². The van der Waals surface area contributed by atoms with Gasteiger partial charge in [-0.1, -0.05) is 23.8 Å². The van der Waals surface area contributed by atoms with Crippen LogP contribution in [-0.4, -0.2) is 44.3 Å². The number of hydrogen-bond donors (Lipinski definition) is 2. The van der Waals surface area contributed by atoms with Crippen LogP contribution >= 0.6 is 0 Å². The van der Waals surface area contributed by atoms with Crippen LogP contribution in [0.1, 0.15) is 41.3 Å². The maximum atomic E-state index is 13.0.